The zero-order valence-electron chi connectivity index (χ0n) is 19.6. The van der Waals surface area contributed by atoms with Gasteiger partial charge in [-0.15, -0.1) is 0 Å². The Morgan fingerprint density at radius 3 is 1.94 bits per heavy atom. The summed E-state index contributed by atoms with van der Waals surface area (Å²) in [7, 11) is -6.99. The van der Waals surface area contributed by atoms with Crippen molar-refractivity contribution in [2.24, 2.45) is 0 Å². The van der Waals surface area contributed by atoms with Gasteiger partial charge in [-0.3, -0.25) is 9.59 Å². The van der Waals surface area contributed by atoms with E-state index in [1.54, 1.807) is 31.2 Å². The number of carboxylic acids is 1. The lowest BCUT2D eigenvalue weighted by atomic mass is 10.0. The molecule has 192 valence electrons. The van der Waals surface area contributed by atoms with Crippen molar-refractivity contribution in [1.29, 1.82) is 0 Å². The van der Waals surface area contributed by atoms with Crippen LogP contribution in [0.3, 0.4) is 0 Å². The Hall–Kier alpha value is -3.05. The topological polar surface area (TPSA) is 135 Å². The zero-order chi connectivity index (χ0) is 26.9. The summed E-state index contributed by atoms with van der Waals surface area (Å²) in [5, 5.41) is 8.17. The lowest BCUT2D eigenvalue weighted by molar-refractivity contribution is -0.136. The van der Waals surface area contributed by atoms with Gasteiger partial charge in [0.1, 0.15) is 0 Å². The van der Waals surface area contributed by atoms with Gasteiger partial charge in [0.2, 0.25) is 10.0 Å². The quantitative estimate of drug-likeness (QED) is 0.384. The lowest BCUT2D eigenvalue weighted by Crippen LogP contribution is -2.26. The predicted molar refractivity (Wildman–Crippen MR) is 138 cm³/mol. The van der Waals surface area contributed by atoms with E-state index in [-0.39, 0.29) is 28.5 Å². The largest absolute Gasteiger partial charge is 0.481 e. The molecule has 3 rings (SSSR count). The number of sulfone groups is 1. The van der Waals surface area contributed by atoms with E-state index >= 15 is 0 Å². The first kappa shape index (κ1) is 29.2. The highest BCUT2D eigenvalue weighted by molar-refractivity contribution is 7.90. The molecule has 0 atom stereocenters. The summed E-state index contributed by atoms with van der Waals surface area (Å²) in [4.78, 5) is 22.4. The highest BCUT2D eigenvalue weighted by Crippen LogP contribution is 2.16. The van der Waals surface area contributed by atoms with Crippen LogP contribution in [0.4, 0.5) is 0 Å². The predicted octanol–water partition coefficient (Wildman–Crippen LogP) is 3.98. The van der Waals surface area contributed by atoms with E-state index in [1.807, 2.05) is 0 Å². The Bertz CT molecular complexity index is 1420. The number of carboxylic acid groups (broad SMARTS) is 1. The number of carbonyl (C=O) groups is 2. The summed E-state index contributed by atoms with van der Waals surface area (Å²) in [5.41, 5.74) is 1.59. The SMILES string of the molecule is CCC(=O)O.CS(=O)(=O)c1ccc(C(=O)c2cccc(CCNS(=O)(=O)c3ccc(Cl)cc3)c2)cc1. The number of ketones is 1. The molecule has 3 aromatic rings. The van der Waals surface area contributed by atoms with Crippen molar-refractivity contribution in [3.05, 3.63) is 94.5 Å². The summed E-state index contributed by atoms with van der Waals surface area (Å²) in [5.74, 6) is -0.992. The van der Waals surface area contributed by atoms with Gasteiger partial charge in [-0.2, -0.15) is 0 Å². The van der Waals surface area contributed by atoms with Crippen molar-refractivity contribution < 1.29 is 31.5 Å². The van der Waals surface area contributed by atoms with E-state index in [9.17, 15) is 26.4 Å². The number of halogens is 1. The third-order valence-electron chi connectivity index (χ3n) is 4.87. The van der Waals surface area contributed by atoms with Crippen LogP contribution in [0.5, 0.6) is 0 Å². The fraction of sp³-hybridized carbons (Fsp3) is 0.200. The second-order valence-electron chi connectivity index (χ2n) is 7.68. The van der Waals surface area contributed by atoms with Gasteiger partial charge in [0.05, 0.1) is 9.79 Å². The Labute approximate surface area is 215 Å². The molecule has 0 aromatic heterocycles. The van der Waals surface area contributed by atoms with Crippen LogP contribution in [0.2, 0.25) is 5.02 Å². The minimum absolute atomic E-state index is 0.123. The maximum Gasteiger partial charge on any atom is 0.303 e. The molecule has 3 aromatic carbocycles. The molecule has 0 radical (unpaired) electrons. The standard InChI is InChI=1S/C22H20ClNO5S2.C3H6O2/c1-30(26,27)20-9-5-17(6-10-20)22(25)18-4-2-3-16(15-18)13-14-24-31(28,29)21-11-7-19(23)8-12-21;1-2-3(4)5/h2-12,15,24H,13-14H2,1H3;2H2,1H3,(H,4,5). The molecule has 0 unspecified atom stereocenters. The van der Waals surface area contributed by atoms with Crippen molar-refractivity contribution in [1.82, 2.24) is 4.72 Å². The van der Waals surface area contributed by atoms with Gasteiger partial charge in [-0.25, -0.2) is 21.6 Å². The van der Waals surface area contributed by atoms with Crippen LogP contribution < -0.4 is 4.72 Å². The van der Waals surface area contributed by atoms with Crippen molar-refractivity contribution in [2.75, 3.05) is 12.8 Å². The van der Waals surface area contributed by atoms with Crippen LogP contribution in [0.1, 0.15) is 34.8 Å². The number of nitrogens with one attached hydrogen (secondary N) is 1. The fourth-order valence-electron chi connectivity index (χ4n) is 2.92. The van der Waals surface area contributed by atoms with E-state index in [1.165, 1.54) is 48.5 Å². The number of rotatable bonds is 9. The molecule has 11 heteroatoms. The number of benzene rings is 3. The van der Waals surface area contributed by atoms with Gasteiger partial charge in [-0.1, -0.05) is 36.7 Å². The van der Waals surface area contributed by atoms with Crippen LogP contribution in [-0.4, -0.2) is 46.5 Å². The van der Waals surface area contributed by atoms with Gasteiger partial charge in [0, 0.05) is 35.4 Å². The first-order valence-electron chi connectivity index (χ1n) is 10.7. The van der Waals surface area contributed by atoms with Crippen LogP contribution in [0.15, 0.2) is 82.6 Å². The molecule has 0 amide bonds. The lowest BCUT2D eigenvalue weighted by Gasteiger charge is -2.08. The zero-order valence-corrected chi connectivity index (χ0v) is 22.0. The van der Waals surface area contributed by atoms with Gasteiger partial charge < -0.3 is 5.11 Å². The average molecular weight is 552 g/mol. The second-order valence-corrected chi connectivity index (χ2v) is 11.9. The van der Waals surface area contributed by atoms with Crippen molar-refractivity contribution >= 4 is 43.2 Å². The molecule has 0 bridgehead atoms. The average Bonchev–Trinajstić information content (AvgIpc) is 2.84. The summed E-state index contributed by atoms with van der Waals surface area (Å²) in [6, 6.07) is 18.5. The van der Waals surface area contributed by atoms with Gasteiger partial charge in [0.25, 0.3) is 0 Å². The van der Waals surface area contributed by atoms with Crippen LogP contribution >= 0.6 is 11.6 Å². The first-order chi connectivity index (χ1) is 16.8. The summed E-state index contributed by atoms with van der Waals surface area (Å²) in [6.07, 6.45) is 1.72. The molecular formula is C25H26ClNO7S2. The molecule has 0 spiro atoms. The monoisotopic (exact) mass is 551 g/mol. The molecule has 0 aliphatic heterocycles. The van der Waals surface area contributed by atoms with E-state index in [4.69, 9.17) is 16.7 Å². The summed E-state index contributed by atoms with van der Waals surface area (Å²) in [6.45, 7) is 1.76. The molecule has 0 aliphatic rings. The van der Waals surface area contributed by atoms with E-state index in [0.29, 0.717) is 22.6 Å². The summed E-state index contributed by atoms with van der Waals surface area (Å²) < 4.78 is 50.3. The van der Waals surface area contributed by atoms with E-state index < -0.39 is 25.8 Å². The number of hydrogen-bond acceptors (Lipinski definition) is 6. The molecule has 0 saturated carbocycles. The van der Waals surface area contributed by atoms with Crippen molar-refractivity contribution in [2.45, 2.75) is 29.6 Å². The highest BCUT2D eigenvalue weighted by Gasteiger charge is 2.14. The summed E-state index contributed by atoms with van der Waals surface area (Å²) >= 11 is 5.79. The molecule has 0 heterocycles. The van der Waals surface area contributed by atoms with Gasteiger partial charge in [-0.05, 0) is 66.6 Å². The maximum atomic E-state index is 12.7. The molecule has 36 heavy (non-hydrogen) atoms. The van der Waals surface area contributed by atoms with E-state index in [0.717, 1.165) is 11.8 Å². The van der Waals surface area contributed by atoms with Gasteiger partial charge in [0.15, 0.2) is 15.6 Å². The maximum absolute atomic E-state index is 12.7. The first-order valence-corrected chi connectivity index (χ1v) is 14.5. The molecule has 0 fully saturated rings. The van der Waals surface area contributed by atoms with E-state index in [2.05, 4.69) is 4.72 Å². The molecular weight excluding hydrogens is 526 g/mol. The fourth-order valence-corrected chi connectivity index (χ4v) is 4.70. The van der Waals surface area contributed by atoms with Crippen LogP contribution in [0.25, 0.3) is 0 Å². The Kier molecular flexibility index (Phi) is 10.4. The van der Waals surface area contributed by atoms with Gasteiger partial charge >= 0.3 is 5.97 Å². The van der Waals surface area contributed by atoms with Crippen LogP contribution in [0, 0.1) is 0 Å². The Balaban J connectivity index is 0.000000830. The number of aliphatic carboxylic acids is 1. The molecule has 0 saturated heterocycles. The third-order valence-corrected chi connectivity index (χ3v) is 7.72. The smallest absolute Gasteiger partial charge is 0.303 e. The van der Waals surface area contributed by atoms with Crippen LogP contribution in [-0.2, 0) is 31.1 Å². The Morgan fingerprint density at radius 1 is 0.861 bits per heavy atom. The number of carbonyl (C=O) groups excluding carboxylic acids is 1. The second kappa shape index (κ2) is 12.8. The minimum atomic E-state index is -3.66. The number of sulfonamides is 1. The highest BCUT2D eigenvalue weighted by atomic mass is 35.5. The normalized spacial score (nSPS) is 11.3. The van der Waals surface area contributed by atoms with Crippen molar-refractivity contribution in [3.63, 3.8) is 0 Å². The molecule has 0 aliphatic carbocycles. The molecule has 8 nitrogen and oxygen atoms in total. The third kappa shape index (κ3) is 8.87. The number of hydrogen-bond donors (Lipinski definition) is 2. The van der Waals surface area contributed by atoms with Crippen molar-refractivity contribution in [3.8, 4) is 0 Å². The molecule has 2 N–H and O–H groups in total. The Morgan fingerprint density at radius 2 is 1.42 bits per heavy atom. The minimum Gasteiger partial charge on any atom is -0.481 e.